The van der Waals surface area contributed by atoms with E-state index >= 15 is 0 Å². The molecular weight excluding hydrogens is 373 g/mol. The number of hydrogen-bond acceptors (Lipinski definition) is 2. The number of benzene rings is 2. The van der Waals surface area contributed by atoms with E-state index in [9.17, 15) is 4.39 Å². The van der Waals surface area contributed by atoms with E-state index in [2.05, 4.69) is 64.0 Å². The Morgan fingerprint density at radius 3 is 2.43 bits per heavy atom. The minimum Gasteiger partial charge on any atom is -0.315 e. The van der Waals surface area contributed by atoms with Crippen LogP contribution in [0.25, 0.3) is 16.6 Å². The first-order chi connectivity index (χ1) is 14.7. The maximum atomic E-state index is 13.4. The van der Waals surface area contributed by atoms with Gasteiger partial charge in [-0.05, 0) is 80.2 Å². The molecule has 3 nitrogen and oxygen atoms in total. The molecule has 3 heterocycles. The van der Waals surface area contributed by atoms with Gasteiger partial charge in [0.15, 0.2) is 0 Å². The number of pyridine rings is 1. The highest BCUT2D eigenvalue weighted by Crippen LogP contribution is 2.37. The molecule has 0 radical (unpaired) electrons. The lowest BCUT2D eigenvalue weighted by atomic mass is 9.88. The molecule has 5 rings (SSSR count). The molecule has 1 aliphatic heterocycles. The molecule has 1 saturated heterocycles. The zero-order valence-electron chi connectivity index (χ0n) is 17.2. The van der Waals surface area contributed by atoms with Gasteiger partial charge in [-0.2, -0.15) is 0 Å². The average Bonchev–Trinajstić information content (AvgIpc) is 3.20. The van der Waals surface area contributed by atoms with Gasteiger partial charge in [-0.3, -0.25) is 9.88 Å². The molecule has 1 unspecified atom stereocenters. The highest BCUT2D eigenvalue weighted by Gasteiger charge is 2.26. The first-order valence-electron chi connectivity index (χ1n) is 10.7. The summed E-state index contributed by atoms with van der Waals surface area (Å²) in [7, 11) is 0. The van der Waals surface area contributed by atoms with E-state index in [1.54, 1.807) is 0 Å². The highest BCUT2D eigenvalue weighted by atomic mass is 19.1. The van der Waals surface area contributed by atoms with Crippen LogP contribution in [0, 0.1) is 5.82 Å². The molecule has 2 aromatic heterocycles. The first kappa shape index (κ1) is 19.0. The van der Waals surface area contributed by atoms with E-state index in [0.29, 0.717) is 12.0 Å². The number of rotatable bonds is 4. The molecule has 0 saturated carbocycles. The smallest absolute Gasteiger partial charge is 0.123 e. The zero-order valence-corrected chi connectivity index (χ0v) is 17.2. The Morgan fingerprint density at radius 1 is 0.967 bits per heavy atom. The van der Waals surface area contributed by atoms with Gasteiger partial charge >= 0.3 is 0 Å². The summed E-state index contributed by atoms with van der Waals surface area (Å²) in [5.41, 5.74) is 4.81. The van der Waals surface area contributed by atoms with Gasteiger partial charge in [0.25, 0.3) is 0 Å². The molecule has 0 amide bonds. The molecule has 30 heavy (non-hydrogen) atoms. The van der Waals surface area contributed by atoms with Crippen molar-refractivity contribution in [2.75, 3.05) is 13.1 Å². The molecule has 0 aliphatic carbocycles. The molecule has 1 fully saturated rings. The lowest BCUT2D eigenvalue weighted by molar-refractivity contribution is 0.162. The van der Waals surface area contributed by atoms with Crippen LogP contribution in [0.4, 0.5) is 4.39 Å². The Morgan fingerprint density at radius 2 is 1.70 bits per heavy atom. The van der Waals surface area contributed by atoms with Gasteiger partial charge in [0, 0.05) is 29.5 Å². The average molecular weight is 400 g/mol. The molecule has 0 spiro atoms. The van der Waals surface area contributed by atoms with Gasteiger partial charge in [0.05, 0.1) is 11.7 Å². The van der Waals surface area contributed by atoms with Gasteiger partial charge in [0.1, 0.15) is 5.82 Å². The molecule has 1 atom stereocenters. The highest BCUT2D eigenvalue weighted by molar-refractivity contribution is 5.85. The van der Waals surface area contributed by atoms with Crippen LogP contribution in [-0.2, 0) is 0 Å². The van der Waals surface area contributed by atoms with E-state index in [1.165, 1.54) is 28.6 Å². The van der Waals surface area contributed by atoms with Crippen LogP contribution >= 0.6 is 0 Å². The summed E-state index contributed by atoms with van der Waals surface area (Å²) in [5, 5.41) is 1.25. The minimum absolute atomic E-state index is 0.214. The summed E-state index contributed by atoms with van der Waals surface area (Å²) < 4.78 is 15.6. The Labute approximate surface area is 176 Å². The Kier molecular flexibility index (Phi) is 5.09. The second-order valence-corrected chi connectivity index (χ2v) is 8.22. The maximum Gasteiger partial charge on any atom is 0.123 e. The van der Waals surface area contributed by atoms with Crippen molar-refractivity contribution in [3.05, 3.63) is 96.2 Å². The lowest BCUT2D eigenvalue weighted by Crippen LogP contribution is -2.35. The summed E-state index contributed by atoms with van der Waals surface area (Å²) in [5.74, 6) is 0.310. The maximum absolute atomic E-state index is 13.4. The van der Waals surface area contributed by atoms with Crippen molar-refractivity contribution < 1.29 is 4.39 Å². The van der Waals surface area contributed by atoms with Crippen molar-refractivity contribution in [2.24, 2.45) is 0 Å². The molecule has 1 aliphatic rings. The van der Waals surface area contributed by atoms with E-state index < -0.39 is 0 Å². The van der Waals surface area contributed by atoms with Crippen molar-refractivity contribution in [3.63, 3.8) is 0 Å². The van der Waals surface area contributed by atoms with Crippen LogP contribution in [-0.4, -0.2) is 27.5 Å². The number of hydrogen-bond donors (Lipinski definition) is 0. The summed E-state index contributed by atoms with van der Waals surface area (Å²) in [6.07, 6.45) is 8.30. The minimum atomic E-state index is -0.214. The fraction of sp³-hybridized carbons (Fsp3) is 0.269. The van der Waals surface area contributed by atoms with Crippen molar-refractivity contribution in [1.29, 1.82) is 0 Å². The van der Waals surface area contributed by atoms with Crippen LogP contribution in [0.1, 0.15) is 42.9 Å². The molecule has 0 N–H and O–H groups in total. The predicted octanol–water partition coefficient (Wildman–Crippen LogP) is 6.11. The molecule has 0 bridgehead atoms. The van der Waals surface area contributed by atoms with Gasteiger partial charge in [0.2, 0.25) is 0 Å². The second kappa shape index (κ2) is 8.04. The van der Waals surface area contributed by atoms with E-state index in [0.717, 1.165) is 37.1 Å². The molecule has 4 aromatic rings. The van der Waals surface area contributed by atoms with Crippen LogP contribution < -0.4 is 0 Å². The van der Waals surface area contributed by atoms with Gasteiger partial charge in [-0.1, -0.05) is 30.3 Å². The number of likely N-dealkylation sites (tertiary alicyclic amines) is 1. The number of nitrogens with zero attached hydrogens (tertiary/aromatic N) is 3. The zero-order chi connectivity index (χ0) is 20.5. The topological polar surface area (TPSA) is 21.1 Å². The predicted molar refractivity (Wildman–Crippen MR) is 119 cm³/mol. The number of piperidine rings is 1. The third kappa shape index (κ3) is 3.52. The van der Waals surface area contributed by atoms with Gasteiger partial charge in [-0.15, -0.1) is 0 Å². The van der Waals surface area contributed by atoms with Crippen LogP contribution in [0.2, 0.25) is 0 Å². The normalized spacial score (nSPS) is 16.7. The van der Waals surface area contributed by atoms with E-state index in [1.807, 2.05) is 24.5 Å². The lowest BCUT2D eigenvalue weighted by Gasteiger charge is -2.36. The van der Waals surface area contributed by atoms with E-state index in [-0.39, 0.29) is 5.82 Å². The number of halogens is 1. The van der Waals surface area contributed by atoms with Crippen LogP contribution in [0.15, 0.2) is 79.3 Å². The Bertz CT molecular complexity index is 1130. The van der Waals surface area contributed by atoms with Crippen molar-refractivity contribution in [3.8, 4) is 5.69 Å². The molecular formula is C26H26FN3. The van der Waals surface area contributed by atoms with Crippen molar-refractivity contribution >= 4 is 10.9 Å². The Hall–Kier alpha value is -2.98. The molecule has 152 valence electrons. The third-order valence-electron chi connectivity index (χ3n) is 6.54. The number of aromatic nitrogens is 2. The molecule has 2 aromatic carbocycles. The Balaban J connectivity index is 1.40. The summed E-state index contributed by atoms with van der Waals surface area (Å²) >= 11 is 0. The monoisotopic (exact) mass is 399 g/mol. The summed E-state index contributed by atoms with van der Waals surface area (Å²) in [6, 6.07) is 20.0. The summed E-state index contributed by atoms with van der Waals surface area (Å²) in [4.78, 5) is 6.93. The quantitative estimate of drug-likeness (QED) is 0.413. The van der Waals surface area contributed by atoms with Gasteiger partial charge in [-0.25, -0.2) is 4.39 Å². The third-order valence-corrected chi connectivity index (χ3v) is 6.54. The number of fused-ring (bicyclic) bond motifs is 1. The first-order valence-corrected chi connectivity index (χ1v) is 10.7. The van der Waals surface area contributed by atoms with Gasteiger partial charge < -0.3 is 4.57 Å². The van der Waals surface area contributed by atoms with Crippen molar-refractivity contribution in [2.45, 2.75) is 31.7 Å². The van der Waals surface area contributed by atoms with Crippen LogP contribution in [0.3, 0.4) is 0 Å². The second-order valence-electron chi connectivity index (χ2n) is 8.22. The standard InChI is InChI=1S/C26H26FN3/c1-19(20-5-3-2-4-6-20)29-15-12-21(13-16-29)25-18-30(23-9-7-22(27)8-10-23)26-17-28-14-11-24(25)26/h2-11,14,17-19,21H,12-13,15-16H2,1H3. The molecule has 4 heteroatoms. The SMILES string of the molecule is CC(c1ccccc1)N1CCC(c2cn(-c3ccc(F)cc3)c3cnccc23)CC1. The largest absolute Gasteiger partial charge is 0.315 e. The van der Waals surface area contributed by atoms with Crippen LogP contribution in [0.5, 0.6) is 0 Å². The fourth-order valence-electron chi connectivity index (χ4n) is 4.78. The van der Waals surface area contributed by atoms with E-state index in [4.69, 9.17) is 0 Å². The fourth-order valence-corrected chi connectivity index (χ4v) is 4.78. The van der Waals surface area contributed by atoms with Crippen molar-refractivity contribution in [1.82, 2.24) is 14.5 Å². The summed E-state index contributed by atoms with van der Waals surface area (Å²) in [6.45, 7) is 4.49.